The first-order chi connectivity index (χ1) is 11.7. The molecule has 0 aliphatic carbocycles. The van der Waals surface area contributed by atoms with Crippen molar-refractivity contribution in [1.29, 1.82) is 0 Å². The Morgan fingerprint density at radius 2 is 1.46 bits per heavy atom. The average Bonchev–Trinajstić information content (AvgIpc) is 2.64. The number of nitrogens with one attached hydrogen (secondary N) is 2. The maximum absolute atomic E-state index is 12.4. The number of aromatic nitrogens is 1. The van der Waals surface area contributed by atoms with Crippen LogP contribution in [0.15, 0.2) is 18.3 Å². The van der Waals surface area contributed by atoms with Crippen LogP contribution in [0.3, 0.4) is 0 Å². The van der Waals surface area contributed by atoms with Crippen LogP contribution in [-0.2, 0) is 9.59 Å². The highest BCUT2D eigenvalue weighted by Crippen LogP contribution is 2.27. The van der Waals surface area contributed by atoms with Crippen molar-refractivity contribution >= 4 is 46.8 Å². The number of nitrogens with zero attached hydrogens (tertiary/aromatic N) is 1. The molecule has 2 aliphatic rings. The minimum atomic E-state index is 0.0126. The van der Waals surface area contributed by atoms with Gasteiger partial charge in [-0.2, -0.15) is 23.5 Å². The second kappa shape index (κ2) is 8.76. The lowest BCUT2D eigenvalue weighted by molar-refractivity contribution is -0.121. The predicted octanol–water partition coefficient (Wildman–Crippen LogP) is 3.25. The van der Waals surface area contributed by atoms with E-state index in [1.807, 2.05) is 23.5 Å². The minimum Gasteiger partial charge on any atom is -0.323 e. The van der Waals surface area contributed by atoms with Crippen LogP contribution in [0, 0.1) is 11.8 Å². The number of amides is 2. The molecule has 5 nitrogen and oxygen atoms in total. The highest BCUT2D eigenvalue weighted by Gasteiger charge is 2.24. The molecule has 0 atom stereocenters. The first-order valence-electron chi connectivity index (χ1n) is 8.46. The van der Waals surface area contributed by atoms with Gasteiger partial charge in [0.1, 0.15) is 0 Å². The summed E-state index contributed by atoms with van der Waals surface area (Å²) in [6, 6.07) is 3.58. The molecule has 0 aromatic carbocycles. The van der Waals surface area contributed by atoms with Crippen LogP contribution in [-0.4, -0.2) is 39.8 Å². The van der Waals surface area contributed by atoms with Crippen LogP contribution in [0.25, 0.3) is 0 Å². The van der Waals surface area contributed by atoms with Crippen LogP contribution in [0.5, 0.6) is 0 Å². The molecule has 3 rings (SSSR count). The molecule has 24 heavy (non-hydrogen) atoms. The number of rotatable bonds is 4. The predicted molar refractivity (Wildman–Crippen MR) is 102 cm³/mol. The van der Waals surface area contributed by atoms with E-state index < -0.39 is 0 Å². The van der Waals surface area contributed by atoms with Crippen molar-refractivity contribution < 1.29 is 9.59 Å². The number of pyridine rings is 1. The smallest absolute Gasteiger partial charge is 0.228 e. The molecule has 130 valence electrons. The topological polar surface area (TPSA) is 71.1 Å². The van der Waals surface area contributed by atoms with E-state index in [-0.39, 0.29) is 23.7 Å². The van der Waals surface area contributed by atoms with Crippen molar-refractivity contribution in [2.75, 3.05) is 33.6 Å². The van der Waals surface area contributed by atoms with Crippen molar-refractivity contribution in [3.63, 3.8) is 0 Å². The zero-order valence-corrected chi connectivity index (χ0v) is 15.3. The summed E-state index contributed by atoms with van der Waals surface area (Å²) < 4.78 is 0. The molecule has 0 bridgehead atoms. The molecule has 1 aromatic rings. The van der Waals surface area contributed by atoms with E-state index >= 15 is 0 Å². The fraction of sp³-hybridized carbons (Fsp3) is 0.588. The van der Waals surface area contributed by atoms with E-state index in [1.54, 1.807) is 18.3 Å². The largest absolute Gasteiger partial charge is 0.323 e. The van der Waals surface area contributed by atoms with Crippen LogP contribution in [0.2, 0.25) is 0 Å². The van der Waals surface area contributed by atoms with E-state index in [4.69, 9.17) is 0 Å². The maximum Gasteiger partial charge on any atom is 0.228 e. The second-order valence-electron chi connectivity index (χ2n) is 6.15. The summed E-state index contributed by atoms with van der Waals surface area (Å²) in [5, 5.41) is 5.87. The summed E-state index contributed by atoms with van der Waals surface area (Å²) in [6.07, 6.45) is 5.28. The van der Waals surface area contributed by atoms with E-state index in [0.29, 0.717) is 11.5 Å². The summed E-state index contributed by atoms with van der Waals surface area (Å²) in [5.74, 6) is 4.75. The summed E-state index contributed by atoms with van der Waals surface area (Å²) in [4.78, 5) is 29.1. The lowest BCUT2D eigenvalue weighted by atomic mass is 10.0. The van der Waals surface area contributed by atoms with Gasteiger partial charge in [-0.15, -0.1) is 0 Å². The molecule has 2 N–H and O–H groups in total. The molecular weight excluding hydrogens is 342 g/mol. The summed E-state index contributed by atoms with van der Waals surface area (Å²) in [5.41, 5.74) is 0.597. The molecule has 7 heteroatoms. The molecule has 0 radical (unpaired) electrons. The van der Waals surface area contributed by atoms with Crippen LogP contribution in [0.4, 0.5) is 11.5 Å². The number of carbonyl (C=O) groups excluding carboxylic acids is 2. The van der Waals surface area contributed by atoms with Crippen LogP contribution < -0.4 is 10.6 Å². The highest BCUT2D eigenvalue weighted by molar-refractivity contribution is 7.99. The Hall–Kier alpha value is -1.21. The lowest BCUT2D eigenvalue weighted by Gasteiger charge is -2.22. The summed E-state index contributed by atoms with van der Waals surface area (Å²) in [6.45, 7) is 0. The monoisotopic (exact) mass is 365 g/mol. The van der Waals surface area contributed by atoms with Crippen LogP contribution in [0.1, 0.15) is 25.7 Å². The van der Waals surface area contributed by atoms with Gasteiger partial charge in [0.25, 0.3) is 0 Å². The zero-order valence-electron chi connectivity index (χ0n) is 13.6. The molecule has 0 unspecified atom stereocenters. The van der Waals surface area contributed by atoms with Crippen molar-refractivity contribution in [3.05, 3.63) is 18.3 Å². The van der Waals surface area contributed by atoms with Crippen LogP contribution >= 0.6 is 23.5 Å². The minimum absolute atomic E-state index is 0.0126. The van der Waals surface area contributed by atoms with Crippen molar-refractivity contribution in [3.8, 4) is 0 Å². The molecule has 1 aromatic heterocycles. The molecule has 2 saturated heterocycles. The number of thioether (sulfide) groups is 2. The third-order valence-electron chi connectivity index (χ3n) is 4.49. The standard InChI is InChI=1S/C17H23N3O2S2/c21-16(12-3-8-23-9-4-12)19-14-2-1-7-18-15(14)20-17(22)13-5-10-24-11-6-13/h1-2,7,12-13H,3-6,8-11H2,(H,19,21)(H,18,20,22). The number of carbonyl (C=O) groups is 2. The molecular formula is C17H23N3O2S2. The number of hydrogen-bond acceptors (Lipinski definition) is 5. The Morgan fingerprint density at radius 1 is 0.917 bits per heavy atom. The molecule has 2 aliphatic heterocycles. The Balaban J connectivity index is 1.63. The van der Waals surface area contributed by atoms with Gasteiger partial charge in [-0.3, -0.25) is 9.59 Å². The van der Waals surface area contributed by atoms with Gasteiger partial charge < -0.3 is 10.6 Å². The first kappa shape index (κ1) is 17.6. The lowest BCUT2D eigenvalue weighted by Crippen LogP contribution is -2.29. The fourth-order valence-electron chi connectivity index (χ4n) is 2.98. The number of hydrogen-bond donors (Lipinski definition) is 2. The van der Waals surface area contributed by atoms with Gasteiger partial charge >= 0.3 is 0 Å². The Kier molecular flexibility index (Phi) is 6.43. The van der Waals surface area contributed by atoms with Gasteiger partial charge in [0.2, 0.25) is 11.8 Å². The van der Waals surface area contributed by atoms with Crippen molar-refractivity contribution in [2.45, 2.75) is 25.7 Å². The van der Waals surface area contributed by atoms with Gasteiger partial charge in [0.15, 0.2) is 5.82 Å². The van der Waals surface area contributed by atoms with Gasteiger partial charge in [-0.25, -0.2) is 4.98 Å². The van der Waals surface area contributed by atoms with Gasteiger partial charge in [-0.05, 0) is 60.8 Å². The second-order valence-corrected chi connectivity index (χ2v) is 8.60. The summed E-state index contributed by atoms with van der Waals surface area (Å²) in [7, 11) is 0. The third-order valence-corrected chi connectivity index (χ3v) is 6.59. The molecule has 0 saturated carbocycles. The van der Waals surface area contributed by atoms with Crippen molar-refractivity contribution in [2.24, 2.45) is 11.8 Å². The quantitative estimate of drug-likeness (QED) is 0.857. The number of anilines is 2. The fourth-order valence-corrected chi connectivity index (χ4v) is 5.19. The average molecular weight is 366 g/mol. The Morgan fingerprint density at radius 3 is 2.04 bits per heavy atom. The maximum atomic E-state index is 12.4. The Labute approximate surface area is 151 Å². The zero-order chi connectivity index (χ0) is 16.8. The van der Waals surface area contributed by atoms with E-state index in [0.717, 1.165) is 48.7 Å². The Bertz CT molecular complexity index is 534. The van der Waals surface area contributed by atoms with Gasteiger partial charge in [0, 0.05) is 18.0 Å². The first-order valence-corrected chi connectivity index (χ1v) is 10.8. The van der Waals surface area contributed by atoms with Gasteiger partial charge in [-0.1, -0.05) is 0 Å². The molecule has 2 fully saturated rings. The molecule has 3 heterocycles. The normalized spacial score (nSPS) is 19.7. The van der Waals surface area contributed by atoms with Crippen molar-refractivity contribution in [1.82, 2.24) is 4.98 Å². The molecule has 2 amide bonds. The third kappa shape index (κ3) is 4.66. The summed E-state index contributed by atoms with van der Waals surface area (Å²) >= 11 is 3.79. The van der Waals surface area contributed by atoms with Gasteiger partial charge in [0.05, 0.1) is 5.69 Å². The molecule has 0 spiro atoms. The highest BCUT2D eigenvalue weighted by atomic mass is 32.2. The van der Waals surface area contributed by atoms with E-state index in [9.17, 15) is 9.59 Å². The van der Waals surface area contributed by atoms with E-state index in [1.165, 1.54) is 0 Å². The SMILES string of the molecule is O=C(Nc1cccnc1NC(=O)C1CCSCC1)C1CCSCC1. The van der Waals surface area contributed by atoms with E-state index in [2.05, 4.69) is 15.6 Å².